The molecule has 0 radical (unpaired) electrons. The average molecular weight is 272 g/mol. The van der Waals surface area contributed by atoms with Crippen LogP contribution in [0.1, 0.15) is 49.6 Å². The first kappa shape index (κ1) is 14.7. The average Bonchev–Trinajstić information content (AvgIpc) is 2.84. The van der Waals surface area contributed by atoms with E-state index in [-0.39, 0.29) is 6.04 Å². The fourth-order valence-corrected chi connectivity index (χ4v) is 2.37. The van der Waals surface area contributed by atoms with Gasteiger partial charge in [-0.1, -0.05) is 50.3 Å². The Morgan fingerprint density at radius 3 is 2.30 bits per heavy atom. The van der Waals surface area contributed by atoms with E-state index in [9.17, 15) is 0 Å². The lowest BCUT2D eigenvalue weighted by Crippen LogP contribution is -2.23. The molecule has 0 aliphatic carbocycles. The van der Waals surface area contributed by atoms with Gasteiger partial charge in [0.1, 0.15) is 0 Å². The van der Waals surface area contributed by atoms with Crippen molar-refractivity contribution in [2.75, 3.05) is 6.54 Å². The molecule has 0 spiro atoms. The van der Waals surface area contributed by atoms with Crippen LogP contribution < -0.4 is 5.32 Å². The second-order valence-corrected chi connectivity index (χ2v) is 5.52. The maximum Gasteiger partial charge on any atom is 0.0845 e. The number of nitrogens with one attached hydrogen (secondary N) is 1. The van der Waals surface area contributed by atoms with Crippen LogP contribution >= 0.6 is 0 Å². The summed E-state index contributed by atoms with van der Waals surface area (Å²) in [6.07, 6.45) is 2.84. The molecule has 2 aromatic rings. The Morgan fingerprint density at radius 2 is 1.80 bits per heavy atom. The molecule has 1 aromatic heterocycles. The molecular formula is C16H24N4. The highest BCUT2D eigenvalue weighted by atomic mass is 15.4. The van der Waals surface area contributed by atoms with Gasteiger partial charge < -0.3 is 5.32 Å². The van der Waals surface area contributed by atoms with Gasteiger partial charge in [0, 0.05) is 25.7 Å². The minimum atomic E-state index is 0.290. The second-order valence-electron chi connectivity index (χ2n) is 5.52. The summed E-state index contributed by atoms with van der Waals surface area (Å²) in [6, 6.07) is 9.18. The van der Waals surface area contributed by atoms with E-state index in [1.165, 1.54) is 11.1 Å². The zero-order valence-electron chi connectivity index (χ0n) is 12.8. The van der Waals surface area contributed by atoms with Crippen molar-refractivity contribution >= 4 is 0 Å². The number of benzene rings is 1. The molecule has 4 nitrogen and oxygen atoms in total. The molecule has 1 unspecified atom stereocenters. The predicted octanol–water partition coefficient (Wildman–Crippen LogP) is 2.83. The van der Waals surface area contributed by atoms with Crippen LogP contribution in [0.25, 0.3) is 0 Å². The van der Waals surface area contributed by atoms with Gasteiger partial charge in [-0.3, -0.25) is 4.68 Å². The fourth-order valence-electron chi connectivity index (χ4n) is 2.37. The number of hydrogen-bond acceptors (Lipinski definition) is 3. The number of likely N-dealkylation sites (N-methyl/N-ethyl adjacent to an activating group) is 1. The molecule has 0 aliphatic rings. The molecule has 1 aromatic carbocycles. The quantitative estimate of drug-likeness (QED) is 0.879. The number of rotatable bonds is 6. The van der Waals surface area contributed by atoms with Gasteiger partial charge in [-0.05, 0) is 23.6 Å². The summed E-state index contributed by atoms with van der Waals surface area (Å²) in [5.74, 6) is 0.571. The molecule has 1 atom stereocenters. The number of aryl methyl sites for hydroxylation is 1. The normalized spacial score (nSPS) is 12.8. The summed E-state index contributed by atoms with van der Waals surface area (Å²) < 4.78 is 1.75. The first-order valence-corrected chi connectivity index (χ1v) is 7.28. The van der Waals surface area contributed by atoms with Crippen LogP contribution in [0.15, 0.2) is 30.5 Å². The van der Waals surface area contributed by atoms with Crippen LogP contribution in [0.3, 0.4) is 0 Å². The third kappa shape index (κ3) is 3.67. The van der Waals surface area contributed by atoms with Crippen molar-refractivity contribution < 1.29 is 0 Å². The maximum absolute atomic E-state index is 4.18. The molecule has 0 amide bonds. The number of aromatic nitrogens is 3. The highest BCUT2D eigenvalue weighted by Crippen LogP contribution is 2.21. The summed E-state index contributed by atoms with van der Waals surface area (Å²) in [5.41, 5.74) is 3.71. The Balaban J connectivity index is 2.15. The third-order valence-electron chi connectivity index (χ3n) is 3.52. The van der Waals surface area contributed by atoms with Crippen LogP contribution in [0, 0.1) is 0 Å². The van der Waals surface area contributed by atoms with Crippen molar-refractivity contribution in [2.45, 2.75) is 39.2 Å². The Bertz CT molecular complexity index is 528. The van der Waals surface area contributed by atoms with Crippen molar-refractivity contribution in [3.05, 3.63) is 47.3 Å². The van der Waals surface area contributed by atoms with E-state index in [2.05, 4.69) is 60.7 Å². The molecule has 2 rings (SSSR count). The molecule has 0 saturated heterocycles. The van der Waals surface area contributed by atoms with Gasteiger partial charge in [0.2, 0.25) is 0 Å². The summed E-state index contributed by atoms with van der Waals surface area (Å²) in [4.78, 5) is 0. The van der Waals surface area contributed by atoms with Crippen molar-refractivity contribution in [1.82, 2.24) is 20.3 Å². The van der Waals surface area contributed by atoms with Crippen LogP contribution in [0.5, 0.6) is 0 Å². The zero-order valence-corrected chi connectivity index (χ0v) is 12.8. The lowest BCUT2D eigenvalue weighted by atomic mass is 9.97. The third-order valence-corrected chi connectivity index (χ3v) is 3.52. The Hall–Kier alpha value is -1.68. The second kappa shape index (κ2) is 6.66. The van der Waals surface area contributed by atoms with E-state index in [1.807, 2.05) is 13.2 Å². The molecule has 0 aliphatic heterocycles. The van der Waals surface area contributed by atoms with Gasteiger partial charge >= 0.3 is 0 Å². The molecule has 108 valence electrons. The predicted molar refractivity (Wildman–Crippen MR) is 81.7 cm³/mol. The first-order valence-electron chi connectivity index (χ1n) is 7.28. The van der Waals surface area contributed by atoms with Crippen LogP contribution in [-0.2, 0) is 13.5 Å². The van der Waals surface area contributed by atoms with E-state index in [1.54, 1.807) is 4.68 Å². The lowest BCUT2D eigenvalue weighted by molar-refractivity contribution is 0.543. The smallest absolute Gasteiger partial charge is 0.0845 e. The number of hydrogen-bond donors (Lipinski definition) is 1. The molecule has 1 heterocycles. The van der Waals surface area contributed by atoms with Gasteiger partial charge in [-0.25, -0.2) is 0 Å². The van der Waals surface area contributed by atoms with Gasteiger partial charge in [-0.2, -0.15) is 0 Å². The van der Waals surface area contributed by atoms with E-state index in [0.29, 0.717) is 5.92 Å². The van der Waals surface area contributed by atoms with Crippen molar-refractivity contribution in [2.24, 2.45) is 7.05 Å². The first-order chi connectivity index (χ1) is 9.60. The molecule has 0 saturated carbocycles. The van der Waals surface area contributed by atoms with Gasteiger partial charge in [0.25, 0.3) is 0 Å². The Morgan fingerprint density at radius 1 is 1.15 bits per heavy atom. The van der Waals surface area contributed by atoms with Gasteiger partial charge in [-0.15, -0.1) is 5.10 Å². The zero-order chi connectivity index (χ0) is 14.5. The maximum atomic E-state index is 4.18. The topological polar surface area (TPSA) is 42.7 Å². The minimum Gasteiger partial charge on any atom is -0.310 e. The van der Waals surface area contributed by atoms with Crippen LogP contribution in [-0.4, -0.2) is 21.5 Å². The highest BCUT2D eigenvalue weighted by Gasteiger charge is 2.13. The molecule has 0 fully saturated rings. The van der Waals surface area contributed by atoms with Crippen LogP contribution in [0.4, 0.5) is 0 Å². The van der Waals surface area contributed by atoms with E-state index in [4.69, 9.17) is 0 Å². The van der Waals surface area contributed by atoms with Gasteiger partial charge in [0.15, 0.2) is 0 Å². The molecule has 20 heavy (non-hydrogen) atoms. The summed E-state index contributed by atoms with van der Waals surface area (Å²) in [7, 11) is 1.90. The Labute approximate surface area is 121 Å². The van der Waals surface area contributed by atoms with Crippen molar-refractivity contribution in [3.63, 3.8) is 0 Å². The molecule has 0 bridgehead atoms. The fraction of sp³-hybridized carbons (Fsp3) is 0.500. The molecular weight excluding hydrogens is 248 g/mol. The standard InChI is InChI=1S/C16H24N4/c1-5-17-16(10-15-11-20(4)19-18-15)14-8-6-13(7-9-14)12(2)3/h6-9,11-12,16-17H,5,10H2,1-4H3. The summed E-state index contributed by atoms with van der Waals surface area (Å²) in [5, 5.41) is 11.7. The largest absolute Gasteiger partial charge is 0.310 e. The van der Waals surface area contributed by atoms with Gasteiger partial charge in [0.05, 0.1) is 5.69 Å². The molecule has 4 heteroatoms. The highest BCUT2D eigenvalue weighted by molar-refractivity contribution is 5.27. The molecule has 1 N–H and O–H groups in total. The monoisotopic (exact) mass is 272 g/mol. The lowest BCUT2D eigenvalue weighted by Gasteiger charge is -2.18. The number of nitrogens with zero attached hydrogens (tertiary/aromatic N) is 3. The SMILES string of the molecule is CCNC(Cc1cn(C)nn1)c1ccc(C(C)C)cc1. The summed E-state index contributed by atoms with van der Waals surface area (Å²) in [6.45, 7) is 7.51. The van der Waals surface area contributed by atoms with E-state index in [0.717, 1.165) is 18.7 Å². The van der Waals surface area contributed by atoms with Crippen LogP contribution in [0.2, 0.25) is 0 Å². The summed E-state index contributed by atoms with van der Waals surface area (Å²) >= 11 is 0. The van der Waals surface area contributed by atoms with E-state index >= 15 is 0 Å². The Kier molecular flexibility index (Phi) is 4.90. The van der Waals surface area contributed by atoms with Crippen molar-refractivity contribution in [1.29, 1.82) is 0 Å². The van der Waals surface area contributed by atoms with E-state index < -0.39 is 0 Å². The van der Waals surface area contributed by atoms with Crippen molar-refractivity contribution in [3.8, 4) is 0 Å². The minimum absolute atomic E-state index is 0.290.